The normalized spacial score (nSPS) is 17.8. The van der Waals surface area contributed by atoms with Gasteiger partial charge in [-0.3, -0.25) is 19.2 Å². The van der Waals surface area contributed by atoms with Gasteiger partial charge < -0.3 is 19.5 Å². The van der Waals surface area contributed by atoms with E-state index in [4.69, 9.17) is 14.2 Å². The molecule has 0 spiro atoms. The fraction of sp³-hybridized carbons (Fsp3) is 0.433. The number of aromatic nitrogens is 2. The highest BCUT2D eigenvalue weighted by Gasteiger charge is 2.41. The number of ether oxygens (including phenoxy) is 3. The highest BCUT2D eigenvalue weighted by atomic mass is 16.6. The number of fused-ring (bicyclic) bond motifs is 1. The van der Waals surface area contributed by atoms with Gasteiger partial charge in [-0.25, -0.2) is 0 Å². The maximum atomic E-state index is 14.4. The molecule has 1 N–H and O–H groups in total. The van der Waals surface area contributed by atoms with Gasteiger partial charge in [0.05, 0.1) is 12.3 Å². The van der Waals surface area contributed by atoms with Crippen molar-refractivity contribution in [3.63, 3.8) is 0 Å². The summed E-state index contributed by atoms with van der Waals surface area (Å²) < 4.78 is 19.4. The monoisotopic (exact) mass is 532 g/mol. The van der Waals surface area contributed by atoms with Gasteiger partial charge in [0.1, 0.15) is 18.4 Å². The van der Waals surface area contributed by atoms with Crippen LogP contribution in [0.3, 0.4) is 0 Å². The molecule has 3 aromatic rings. The number of hydrogen-bond donors (Lipinski definition) is 1. The van der Waals surface area contributed by atoms with Gasteiger partial charge in [0.15, 0.2) is 11.5 Å². The molecule has 1 fully saturated rings. The average Bonchev–Trinajstić information content (AvgIpc) is 3.28. The number of aryl methyl sites for hydroxylation is 2. The van der Waals surface area contributed by atoms with E-state index in [1.165, 1.54) is 11.3 Å². The molecule has 9 nitrogen and oxygen atoms in total. The van der Waals surface area contributed by atoms with Gasteiger partial charge in [-0.15, -0.1) is 0 Å². The van der Waals surface area contributed by atoms with Gasteiger partial charge in [0, 0.05) is 36.6 Å². The van der Waals surface area contributed by atoms with Crippen LogP contribution >= 0.6 is 0 Å². The summed E-state index contributed by atoms with van der Waals surface area (Å²) in [5.41, 5.74) is 1.85. The van der Waals surface area contributed by atoms with Crippen LogP contribution in [0.15, 0.2) is 54.7 Å². The van der Waals surface area contributed by atoms with Gasteiger partial charge >= 0.3 is 0 Å². The second kappa shape index (κ2) is 11.8. The third-order valence-corrected chi connectivity index (χ3v) is 7.23. The van der Waals surface area contributed by atoms with E-state index in [1.807, 2.05) is 51.2 Å². The van der Waals surface area contributed by atoms with Gasteiger partial charge in [0.2, 0.25) is 12.0 Å². The third-order valence-electron chi connectivity index (χ3n) is 7.23. The molecule has 2 amide bonds. The Morgan fingerprint density at radius 2 is 1.90 bits per heavy atom. The van der Waals surface area contributed by atoms with Crippen molar-refractivity contribution in [3.8, 4) is 17.2 Å². The van der Waals surface area contributed by atoms with Gasteiger partial charge in [-0.1, -0.05) is 37.5 Å². The number of carbonyl (C=O) groups excluding carboxylic acids is 2. The summed E-state index contributed by atoms with van der Waals surface area (Å²) >= 11 is 0. The van der Waals surface area contributed by atoms with Crippen LogP contribution < -0.4 is 24.4 Å². The summed E-state index contributed by atoms with van der Waals surface area (Å²) in [6.07, 6.45) is 6.04. The summed E-state index contributed by atoms with van der Waals surface area (Å²) in [6.45, 7) is 4.26. The molecule has 0 unspecified atom stereocenters. The molecule has 2 aliphatic rings. The van der Waals surface area contributed by atoms with Crippen LogP contribution in [-0.4, -0.2) is 47.0 Å². The molecule has 1 aromatic heterocycles. The lowest BCUT2D eigenvalue weighted by molar-refractivity contribution is -0.132. The standard InChI is InChI=1S/C30H36N4O5/c1-4-37-23-14-10-13-22(17-23)34(30(36)27-19-38-25-15-8-9-16-26(25)39-27)28(24-18-33(3)32-20(24)2)29(35)31-21-11-6-5-7-12-21/h8-10,13-18,21,27-28H,4-7,11-12,19H2,1-3H3,(H,31,35)/t27-,28+/m1/s1. The van der Waals surface area contributed by atoms with Crippen LogP contribution in [0.1, 0.15) is 56.3 Å². The van der Waals surface area contributed by atoms with Crippen LogP contribution in [-0.2, 0) is 16.6 Å². The van der Waals surface area contributed by atoms with Crippen molar-refractivity contribution in [2.75, 3.05) is 18.1 Å². The van der Waals surface area contributed by atoms with Crippen LogP contribution in [0.4, 0.5) is 5.69 Å². The first-order valence-corrected chi connectivity index (χ1v) is 13.7. The Morgan fingerprint density at radius 3 is 2.62 bits per heavy atom. The Morgan fingerprint density at radius 1 is 1.13 bits per heavy atom. The van der Waals surface area contributed by atoms with Crippen molar-refractivity contribution in [1.29, 1.82) is 0 Å². The number of rotatable bonds is 8. The molecule has 9 heteroatoms. The Balaban J connectivity index is 1.57. The summed E-state index contributed by atoms with van der Waals surface area (Å²) in [7, 11) is 1.81. The average molecular weight is 533 g/mol. The topological polar surface area (TPSA) is 94.9 Å². The Hall–Kier alpha value is -4.01. The van der Waals surface area contributed by atoms with Crippen LogP contribution in [0.25, 0.3) is 0 Å². The first-order chi connectivity index (χ1) is 18.9. The summed E-state index contributed by atoms with van der Waals surface area (Å²) in [6, 6.07) is 13.6. The lowest BCUT2D eigenvalue weighted by atomic mass is 9.94. The molecule has 2 heterocycles. The van der Waals surface area contributed by atoms with E-state index >= 15 is 0 Å². The molecule has 1 aliphatic heterocycles. The third kappa shape index (κ3) is 5.87. The van der Waals surface area contributed by atoms with Crippen molar-refractivity contribution in [2.45, 2.75) is 64.1 Å². The highest BCUT2D eigenvalue weighted by Crippen LogP contribution is 2.36. The van der Waals surface area contributed by atoms with E-state index in [0.29, 0.717) is 40.8 Å². The number of amides is 2. The number of para-hydroxylation sites is 2. The first-order valence-electron chi connectivity index (χ1n) is 13.7. The number of hydrogen-bond acceptors (Lipinski definition) is 6. The van der Waals surface area contributed by atoms with Crippen LogP contribution in [0.2, 0.25) is 0 Å². The predicted molar refractivity (Wildman–Crippen MR) is 147 cm³/mol. The molecule has 2 aromatic carbocycles. The Labute approximate surface area is 229 Å². The van der Waals surface area contributed by atoms with E-state index < -0.39 is 12.1 Å². The Bertz CT molecular complexity index is 1320. The van der Waals surface area contributed by atoms with Crippen molar-refractivity contribution in [2.24, 2.45) is 7.05 Å². The highest BCUT2D eigenvalue weighted by molar-refractivity contribution is 6.04. The van der Waals surface area contributed by atoms with E-state index in [2.05, 4.69) is 10.4 Å². The predicted octanol–water partition coefficient (Wildman–Crippen LogP) is 4.49. The molecule has 0 radical (unpaired) electrons. The number of carbonyl (C=O) groups is 2. The summed E-state index contributed by atoms with van der Waals surface area (Å²) in [5, 5.41) is 7.75. The molecule has 5 rings (SSSR count). The minimum absolute atomic E-state index is 0.0283. The van der Waals surface area contributed by atoms with Crippen molar-refractivity contribution >= 4 is 17.5 Å². The molecule has 1 aliphatic carbocycles. The van der Waals surface area contributed by atoms with Gasteiger partial charge in [-0.2, -0.15) is 5.10 Å². The van der Waals surface area contributed by atoms with Crippen LogP contribution in [0, 0.1) is 6.92 Å². The van der Waals surface area contributed by atoms with Crippen molar-refractivity contribution < 1.29 is 23.8 Å². The van der Waals surface area contributed by atoms with E-state index in [-0.39, 0.29) is 24.5 Å². The molecule has 1 saturated carbocycles. The minimum Gasteiger partial charge on any atom is -0.494 e. The van der Waals surface area contributed by atoms with Gasteiger partial charge in [0.25, 0.3) is 5.91 Å². The van der Waals surface area contributed by atoms with Crippen molar-refractivity contribution in [3.05, 3.63) is 66.0 Å². The molecule has 0 bridgehead atoms. The number of nitrogens with zero attached hydrogens (tertiary/aromatic N) is 3. The van der Waals surface area contributed by atoms with Gasteiger partial charge in [-0.05, 0) is 51.0 Å². The zero-order valence-electron chi connectivity index (χ0n) is 22.8. The largest absolute Gasteiger partial charge is 0.494 e. The van der Waals surface area contributed by atoms with E-state index in [0.717, 1.165) is 25.7 Å². The fourth-order valence-corrected chi connectivity index (χ4v) is 5.40. The second-order valence-electron chi connectivity index (χ2n) is 10.1. The second-order valence-corrected chi connectivity index (χ2v) is 10.1. The molecule has 2 atom stereocenters. The quantitative estimate of drug-likeness (QED) is 0.459. The molecule has 0 saturated heterocycles. The SMILES string of the molecule is CCOc1cccc(N(C(=O)[C@H]2COc3ccccc3O2)[C@H](C(=O)NC2CCCCC2)c2cn(C)nc2C)c1. The number of anilines is 1. The summed E-state index contributed by atoms with van der Waals surface area (Å²) in [4.78, 5) is 30.0. The minimum atomic E-state index is -0.967. The smallest absolute Gasteiger partial charge is 0.272 e. The Kier molecular flexibility index (Phi) is 8.05. The maximum absolute atomic E-state index is 14.4. The number of benzene rings is 2. The molecular weight excluding hydrogens is 496 g/mol. The first kappa shape index (κ1) is 26.6. The molecule has 206 valence electrons. The molecular formula is C30H36N4O5. The maximum Gasteiger partial charge on any atom is 0.272 e. The van der Waals surface area contributed by atoms with Crippen molar-refractivity contribution in [1.82, 2.24) is 15.1 Å². The lowest BCUT2D eigenvalue weighted by Crippen LogP contribution is -2.52. The number of nitrogens with one attached hydrogen (secondary N) is 1. The van der Waals surface area contributed by atoms with E-state index in [1.54, 1.807) is 29.1 Å². The zero-order chi connectivity index (χ0) is 27.4. The van der Waals surface area contributed by atoms with E-state index in [9.17, 15) is 9.59 Å². The summed E-state index contributed by atoms with van der Waals surface area (Å²) in [5.74, 6) is 1.05. The zero-order valence-corrected chi connectivity index (χ0v) is 22.8. The molecule has 39 heavy (non-hydrogen) atoms. The lowest BCUT2D eigenvalue weighted by Gasteiger charge is -2.36. The van der Waals surface area contributed by atoms with Crippen LogP contribution in [0.5, 0.6) is 17.2 Å². The fourth-order valence-electron chi connectivity index (χ4n) is 5.40.